The summed E-state index contributed by atoms with van der Waals surface area (Å²) in [6, 6.07) is 0. The average Bonchev–Trinajstić information content (AvgIpc) is 2.26. The van der Waals surface area contributed by atoms with Crippen molar-refractivity contribution in [1.82, 2.24) is 5.32 Å². The molecule has 0 heterocycles. The molecule has 0 atom stereocenters. The number of hydrogen-bond donors (Lipinski definition) is 1. The number of unbranched alkanes of at least 4 members (excludes halogenated alkanes) is 1. The second-order valence-electron chi connectivity index (χ2n) is 3.94. The van der Waals surface area contributed by atoms with Crippen LogP contribution in [-0.4, -0.2) is 12.5 Å². The van der Waals surface area contributed by atoms with Gasteiger partial charge in [0.1, 0.15) is 0 Å². The third-order valence-corrected chi connectivity index (χ3v) is 2.59. The van der Waals surface area contributed by atoms with Gasteiger partial charge in [0.25, 0.3) is 0 Å². The Morgan fingerprint density at radius 1 is 1.53 bits per heavy atom. The maximum absolute atomic E-state index is 11.5. The number of allylic oxidation sites excluding steroid dienone is 1. The summed E-state index contributed by atoms with van der Waals surface area (Å²) in [4.78, 5) is 11.5. The smallest absolute Gasteiger partial charge is 0.224 e. The molecule has 0 aromatic rings. The first-order chi connectivity index (χ1) is 7.33. The minimum atomic E-state index is 0.139. The summed E-state index contributed by atoms with van der Waals surface area (Å²) < 4.78 is 0. The SMILES string of the molecule is C#CCCCNC(=O)CC1=CCCCC1. The van der Waals surface area contributed by atoms with E-state index in [0.29, 0.717) is 13.0 Å². The van der Waals surface area contributed by atoms with E-state index in [9.17, 15) is 4.79 Å². The lowest BCUT2D eigenvalue weighted by atomic mass is 9.97. The zero-order chi connectivity index (χ0) is 10.9. The first-order valence-electron chi connectivity index (χ1n) is 5.71. The molecule has 0 bridgehead atoms. The van der Waals surface area contributed by atoms with Crippen LogP contribution in [0, 0.1) is 12.3 Å². The molecule has 2 nitrogen and oxygen atoms in total. The molecule has 1 aliphatic carbocycles. The number of carbonyl (C=O) groups excluding carboxylic acids is 1. The lowest BCUT2D eigenvalue weighted by Crippen LogP contribution is -2.24. The Balaban J connectivity index is 2.12. The van der Waals surface area contributed by atoms with Gasteiger partial charge in [0, 0.05) is 19.4 Å². The Bertz CT molecular complexity index is 273. The number of hydrogen-bond acceptors (Lipinski definition) is 1. The molecule has 1 aliphatic rings. The van der Waals surface area contributed by atoms with Gasteiger partial charge in [-0.3, -0.25) is 4.79 Å². The van der Waals surface area contributed by atoms with E-state index < -0.39 is 0 Å². The third kappa shape index (κ3) is 5.27. The minimum Gasteiger partial charge on any atom is -0.356 e. The molecule has 0 fully saturated rings. The summed E-state index contributed by atoms with van der Waals surface area (Å²) in [5, 5.41) is 2.89. The summed E-state index contributed by atoms with van der Waals surface area (Å²) in [6.07, 6.45) is 14.3. The number of nitrogens with one attached hydrogen (secondary N) is 1. The molecule has 0 aliphatic heterocycles. The highest BCUT2D eigenvalue weighted by atomic mass is 16.1. The number of rotatable bonds is 5. The van der Waals surface area contributed by atoms with Gasteiger partial charge < -0.3 is 5.32 Å². The van der Waals surface area contributed by atoms with Crippen molar-refractivity contribution in [1.29, 1.82) is 0 Å². The normalized spacial score (nSPS) is 15.3. The highest BCUT2D eigenvalue weighted by Gasteiger charge is 2.07. The first kappa shape index (κ1) is 11.8. The quantitative estimate of drug-likeness (QED) is 0.417. The molecule has 0 unspecified atom stereocenters. The molecule has 0 saturated carbocycles. The van der Waals surface area contributed by atoms with E-state index in [-0.39, 0.29) is 5.91 Å². The Morgan fingerprint density at radius 2 is 2.40 bits per heavy atom. The van der Waals surface area contributed by atoms with Gasteiger partial charge in [-0.25, -0.2) is 0 Å². The Kier molecular flexibility index (Phi) is 5.62. The fourth-order valence-electron chi connectivity index (χ4n) is 1.75. The van der Waals surface area contributed by atoms with Crippen LogP contribution in [0.1, 0.15) is 44.9 Å². The molecule has 0 radical (unpaired) electrons. The molecular weight excluding hydrogens is 186 g/mol. The van der Waals surface area contributed by atoms with Crippen LogP contribution in [-0.2, 0) is 4.79 Å². The van der Waals surface area contributed by atoms with Gasteiger partial charge in [-0.05, 0) is 32.1 Å². The van der Waals surface area contributed by atoms with Crippen LogP contribution in [0.3, 0.4) is 0 Å². The van der Waals surface area contributed by atoms with Gasteiger partial charge in [-0.15, -0.1) is 12.3 Å². The molecular formula is C13H19NO. The fraction of sp³-hybridized carbons (Fsp3) is 0.615. The number of terminal acetylenes is 1. The lowest BCUT2D eigenvalue weighted by molar-refractivity contribution is -0.120. The predicted octanol–water partition coefficient (Wildman–Crippen LogP) is 2.41. The van der Waals surface area contributed by atoms with Crippen molar-refractivity contribution in [3.63, 3.8) is 0 Å². The summed E-state index contributed by atoms with van der Waals surface area (Å²) in [5.41, 5.74) is 1.30. The summed E-state index contributed by atoms with van der Waals surface area (Å²) in [6.45, 7) is 0.705. The standard InChI is InChI=1S/C13H19NO/c1-2-3-7-10-14-13(15)11-12-8-5-4-6-9-12/h1,8H,3-7,9-11H2,(H,14,15). The molecule has 0 aromatic carbocycles. The zero-order valence-corrected chi connectivity index (χ0v) is 9.22. The van der Waals surface area contributed by atoms with Gasteiger partial charge in [0.2, 0.25) is 5.91 Å². The number of carbonyl (C=O) groups is 1. The Labute approximate surface area is 92.1 Å². The van der Waals surface area contributed by atoms with Gasteiger partial charge in [-0.1, -0.05) is 11.6 Å². The minimum absolute atomic E-state index is 0.139. The molecule has 15 heavy (non-hydrogen) atoms. The molecule has 2 heteroatoms. The van der Waals surface area contributed by atoms with E-state index in [2.05, 4.69) is 17.3 Å². The predicted molar refractivity (Wildman–Crippen MR) is 62.2 cm³/mol. The molecule has 0 saturated heterocycles. The highest BCUT2D eigenvalue weighted by Crippen LogP contribution is 2.19. The van der Waals surface area contributed by atoms with Gasteiger partial charge in [0.05, 0.1) is 0 Å². The van der Waals surface area contributed by atoms with Crippen molar-refractivity contribution in [3.05, 3.63) is 11.6 Å². The Morgan fingerprint density at radius 3 is 3.07 bits per heavy atom. The van der Waals surface area contributed by atoms with Gasteiger partial charge in [0.15, 0.2) is 0 Å². The molecule has 1 amide bonds. The summed E-state index contributed by atoms with van der Waals surface area (Å²) >= 11 is 0. The van der Waals surface area contributed by atoms with Crippen molar-refractivity contribution < 1.29 is 4.79 Å². The molecule has 1 rings (SSSR count). The van der Waals surface area contributed by atoms with Crippen LogP contribution < -0.4 is 5.32 Å². The Hall–Kier alpha value is -1.23. The van der Waals surface area contributed by atoms with Crippen molar-refractivity contribution in [2.24, 2.45) is 0 Å². The van der Waals surface area contributed by atoms with Crippen molar-refractivity contribution in [2.75, 3.05) is 6.54 Å². The topological polar surface area (TPSA) is 29.1 Å². The van der Waals surface area contributed by atoms with Crippen LogP contribution in [0.2, 0.25) is 0 Å². The van der Waals surface area contributed by atoms with E-state index in [4.69, 9.17) is 6.42 Å². The lowest BCUT2D eigenvalue weighted by Gasteiger charge is -2.12. The maximum atomic E-state index is 11.5. The van der Waals surface area contributed by atoms with E-state index in [0.717, 1.165) is 25.7 Å². The fourth-order valence-corrected chi connectivity index (χ4v) is 1.75. The van der Waals surface area contributed by atoms with Crippen LogP contribution in [0.4, 0.5) is 0 Å². The van der Waals surface area contributed by atoms with Crippen molar-refractivity contribution >= 4 is 5.91 Å². The largest absolute Gasteiger partial charge is 0.356 e. The van der Waals surface area contributed by atoms with Gasteiger partial charge >= 0.3 is 0 Å². The van der Waals surface area contributed by atoms with Gasteiger partial charge in [-0.2, -0.15) is 0 Å². The van der Waals surface area contributed by atoms with E-state index in [1.165, 1.54) is 18.4 Å². The molecule has 0 aromatic heterocycles. The van der Waals surface area contributed by atoms with Crippen molar-refractivity contribution in [3.8, 4) is 12.3 Å². The molecule has 1 N–H and O–H groups in total. The third-order valence-electron chi connectivity index (χ3n) is 2.59. The summed E-state index contributed by atoms with van der Waals surface area (Å²) in [7, 11) is 0. The zero-order valence-electron chi connectivity index (χ0n) is 9.22. The average molecular weight is 205 g/mol. The highest BCUT2D eigenvalue weighted by molar-refractivity contribution is 5.78. The van der Waals surface area contributed by atoms with Crippen molar-refractivity contribution in [2.45, 2.75) is 44.9 Å². The monoisotopic (exact) mass is 205 g/mol. The maximum Gasteiger partial charge on any atom is 0.224 e. The number of amides is 1. The van der Waals surface area contributed by atoms with Crippen LogP contribution in [0.5, 0.6) is 0 Å². The van der Waals surface area contributed by atoms with Crippen LogP contribution in [0.15, 0.2) is 11.6 Å². The van der Waals surface area contributed by atoms with E-state index in [1.807, 2.05) is 0 Å². The van der Waals surface area contributed by atoms with Crippen LogP contribution >= 0.6 is 0 Å². The molecule has 0 spiro atoms. The second-order valence-corrected chi connectivity index (χ2v) is 3.94. The van der Waals surface area contributed by atoms with Crippen LogP contribution in [0.25, 0.3) is 0 Å². The molecule has 82 valence electrons. The van der Waals surface area contributed by atoms with E-state index in [1.54, 1.807) is 0 Å². The van der Waals surface area contributed by atoms with E-state index >= 15 is 0 Å². The summed E-state index contributed by atoms with van der Waals surface area (Å²) in [5.74, 6) is 2.70. The second kappa shape index (κ2) is 7.11. The first-order valence-corrected chi connectivity index (χ1v) is 5.71.